The molecular formula is C13H17Cl2NO2. The second kappa shape index (κ2) is 6.62. The van der Waals surface area contributed by atoms with Crippen molar-refractivity contribution < 1.29 is 9.84 Å². The van der Waals surface area contributed by atoms with E-state index < -0.39 is 0 Å². The second-order valence-electron chi connectivity index (χ2n) is 4.44. The minimum absolute atomic E-state index is 0.224. The molecule has 0 unspecified atom stereocenters. The van der Waals surface area contributed by atoms with Crippen LogP contribution in [0.15, 0.2) is 18.2 Å². The first-order chi connectivity index (χ1) is 8.70. The molecule has 1 aliphatic rings. The summed E-state index contributed by atoms with van der Waals surface area (Å²) in [5.41, 5.74) is 0. The van der Waals surface area contributed by atoms with Crippen molar-refractivity contribution in [1.29, 1.82) is 0 Å². The van der Waals surface area contributed by atoms with Gasteiger partial charge in [0, 0.05) is 17.6 Å². The molecule has 100 valence electrons. The molecule has 0 radical (unpaired) electrons. The molecule has 1 aromatic rings. The maximum atomic E-state index is 9.21. The Hall–Kier alpha value is -0.480. The molecule has 0 saturated carbocycles. The molecule has 0 spiro atoms. The van der Waals surface area contributed by atoms with Crippen LogP contribution in [0.25, 0.3) is 0 Å². The number of aliphatic hydroxyl groups excluding tert-OH is 1. The molecule has 1 fully saturated rings. The minimum atomic E-state index is 0.224. The molecule has 1 atom stereocenters. The summed E-state index contributed by atoms with van der Waals surface area (Å²) in [6, 6.07) is 5.49. The number of hydrogen-bond acceptors (Lipinski definition) is 3. The van der Waals surface area contributed by atoms with Crippen LogP contribution in [0.4, 0.5) is 0 Å². The lowest BCUT2D eigenvalue weighted by molar-refractivity contribution is 0.139. The first-order valence-electron chi connectivity index (χ1n) is 6.13. The van der Waals surface area contributed by atoms with E-state index in [9.17, 15) is 5.11 Å². The van der Waals surface area contributed by atoms with Crippen molar-refractivity contribution in [2.45, 2.75) is 18.9 Å². The maximum Gasteiger partial charge on any atom is 0.138 e. The molecule has 1 aromatic carbocycles. The smallest absolute Gasteiger partial charge is 0.138 e. The van der Waals surface area contributed by atoms with Crippen molar-refractivity contribution in [1.82, 2.24) is 4.90 Å². The highest BCUT2D eigenvalue weighted by Crippen LogP contribution is 2.27. The largest absolute Gasteiger partial charge is 0.491 e. The summed E-state index contributed by atoms with van der Waals surface area (Å²) in [6.45, 7) is 2.63. The van der Waals surface area contributed by atoms with Gasteiger partial charge >= 0.3 is 0 Å². The number of aliphatic hydroxyl groups is 1. The fourth-order valence-electron chi connectivity index (χ4n) is 2.26. The molecule has 0 aliphatic carbocycles. The van der Waals surface area contributed by atoms with Crippen molar-refractivity contribution in [2.75, 3.05) is 26.3 Å². The van der Waals surface area contributed by atoms with E-state index in [0.717, 1.165) is 25.9 Å². The highest BCUT2D eigenvalue weighted by molar-refractivity contribution is 6.35. The van der Waals surface area contributed by atoms with Gasteiger partial charge in [-0.3, -0.25) is 4.90 Å². The molecule has 1 heterocycles. The predicted molar refractivity (Wildman–Crippen MR) is 73.6 cm³/mol. The average molecular weight is 290 g/mol. The number of rotatable bonds is 5. The molecule has 5 heteroatoms. The first kappa shape index (κ1) is 13.9. The summed E-state index contributed by atoms with van der Waals surface area (Å²) >= 11 is 11.8. The van der Waals surface area contributed by atoms with Gasteiger partial charge in [0.15, 0.2) is 0 Å². The van der Waals surface area contributed by atoms with Crippen LogP contribution in [0.1, 0.15) is 12.8 Å². The predicted octanol–water partition coefficient (Wildman–Crippen LogP) is 2.83. The Labute approximate surface area is 117 Å². The highest BCUT2D eigenvalue weighted by atomic mass is 35.5. The van der Waals surface area contributed by atoms with E-state index in [1.165, 1.54) is 0 Å². The zero-order chi connectivity index (χ0) is 13.0. The third kappa shape index (κ3) is 3.51. The Morgan fingerprint density at radius 3 is 2.94 bits per heavy atom. The van der Waals surface area contributed by atoms with Gasteiger partial charge in [0.1, 0.15) is 12.4 Å². The SMILES string of the molecule is OC[C@H]1CCCN1CCOc1ccc(Cl)cc1Cl. The number of halogens is 2. The van der Waals surface area contributed by atoms with Gasteiger partial charge in [-0.1, -0.05) is 23.2 Å². The first-order valence-corrected chi connectivity index (χ1v) is 6.89. The number of hydrogen-bond donors (Lipinski definition) is 1. The van der Waals surface area contributed by atoms with Crippen molar-refractivity contribution in [3.05, 3.63) is 28.2 Å². The Morgan fingerprint density at radius 2 is 2.22 bits per heavy atom. The topological polar surface area (TPSA) is 32.7 Å². The van der Waals surface area contributed by atoms with E-state index in [-0.39, 0.29) is 12.6 Å². The van der Waals surface area contributed by atoms with Crippen molar-refractivity contribution in [2.24, 2.45) is 0 Å². The molecular weight excluding hydrogens is 273 g/mol. The fraction of sp³-hybridized carbons (Fsp3) is 0.538. The van der Waals surface area contributed by atoms with Crippen LogP contribution in [-0.2, 0) is 0 Å². The van der Waals surface area contributed by atoms with E-state index in [0.29, 0.717) is 22.4 Å². The summed E-state index contributed by atoms with van der Waals surface area (Å²) in [7, 11) is 0. The summed E-state index contributed by atoms with van der Waals surface area (Å²) < 4.78 is 5.63. The van der Waals surface area contributed by atoms with E-state index >= 15 is 0 Å². The standard InChI is InChI=1S/C13H17Cl2NO2/c14-10-3-4-13(12(15)8-10)18-7-6-16-5-1-2-11(16)9-17/h3-4,8,11,17H,1-2,5-7,9H2/t11-/m1/s1. The van der Waals surface area contributed by atoms with E-state index in [1.807, 2.05) is 0 Å². The maximum absolute atomic E-state index is 9.21. The minimum Gasteiger partial charge on any atom is -0.491 e. The molecule has 2 rings (SSSR count). The molecule has 0 bridgehead atoms. The van der Waals surface area contributed by atoms with Crippen LogP contribution in [0.5, 0.6) is 5.75 Å². The summed E-state index contributed by atoms with van der Waals surface area (Å²) in [5.74, 6) is 0.654. The lowest BCUT2D eigenvalue weighted by Gasteiger charge is -2.22. The van der Waals surface area contributed by atoms with Crippen LogP contribution in [-0.4, -0.2) is 42.4 Å². The average Bonchev–Trinajstić information content (AvgIpc) is 2.79. The van der Waals surface area contributed by atoms with Crippen molar-refractivity contribution >= 4 is 23.2 Å². The Kier molecular flexibility index (Phi) is 5.13. The number of ether oxygens (including phenoxy) is 1. The lowest BCUT2D eigenvalue weighted by atomic mass is 10.2. The van der Waals surface area contributed by atoms with Gasteiger partial charge in [0.05, 0.1) is 11.6 Å². The van der Waals surface area contributed by atoms with Gasteiger partial charge in [-0.2, -0.15) is 0 Å². The number of benzene rings is 1. The molecule has 1 N–H and O–H groups in total. The van der Waals surface area contributed by atoms with Gasteiger partial charge in [-0.15, -0.1) is 0 Å². The van der Waals surface area contributed by atoms with E-state index in [1.54, 1.807) is 18.2 Å². The van der Waals surface area contributed by atoms with Crippen LogP contribution < -0.4 is 4.74 Å². The molecule has 3 nitrogen and oxygen atoms in total. The zero-order valence-corrected chi connectivity index (χ0v) is 11.6. The summed E-state index contributed by atoms with van der Waals surface area (Å²) in [5, 5.41) is 10.3. The molecule has 0 amide bonds. The zero-order valence-electron chi connectivity index (χ0n) is 10.1. The van der Waals surface area contributed by atoms with Crippen molar-refractivity contribution in [3.63, 3.8) is 0 Å². The molecule has 18 heavy (non-hydrogen) atoms. The fourth-order valence-corrected chi connectivity index (χ4v) is 2.72. The summed E-state index contributed by atoms with van der Waals surface area (Å²) in [6.07, 6.45) is 2.21. The monoisotopic (exact) mass is 289 g/mol. The Morgan fingerprint density at radius 1 is 1.39 bits per heavy atom. The summed E-state index contributed by atoms with van der Waals surface area (Å²) in [4.78, 5) is 2.25. The van der Waals surface area contributed by atoms with Gasteiger partial charge in [-0.05, 0) is 37.6 Å². The van der Waals surface area contributed by atoms with E-state index in [2.05, 4.69) is 4.90 Å². The van der Waals surface area contributed by atoms with Gasteiger partial charge in [-0.25, -0.2) is 0 Å². The van der Waals surface area contributed by atoms with Gasteiger partial charge in [0.25, 0.3) is 0 Å². The van der Waals surface area contributed by atoms with E-state index in [4.69, 9.17) is 27.9 Å². The van der Waals surface area contributed by atoms with Gasteiger partial charge in [0.2, 0.25) is 0 Å². The van der Waals surface area contributed by atoms with Crippen LogP contribution in [0.3, 0.4) is 0 Å². The van der Waals surface area contributed by atoms with Crippen LogP contribution in [0, 0.1) is 0 Å². The molecule has 0 aromatic heterocycles. The second-order valence-corrected chi connectivity index (χ2v) is 5.28. The Balaban J connectivity index is 1.81. The Bertz CT molecular complexity index is 401. The number of likely N-dealkylation sites (tertiary alicyclic amines) is 1. The molecule has 1 aliphatic heterocycles. The highest BCUT2D eigenvalue weighted by Gasteiger charge is 2.23. The normalized spacial score (nSPS) is 20.3. The van der Waals surface area contributed by atoms with Crippen LogP contribution in [0.2, 0.25) is 10.0 Å². The third-order valence-corrected chi connectivity index (χ3v) is 3.77. The quantitative estimate of drug-likeness (QED) is 0.905. The third-order valence-electron chi connectivity index (χ3n) is 3.24. The number of nitrogens with zero attached hydrogens (tertiary/aromatic N) is 1. The van der Waals surface area contributed by atoms with Gasteiger partial charge < -0.3 is 9.84 Å². The molecule has 1 saturated heterocycles. The van der Waals surface area contributed by atoms with Crippen molar-refractivity contribution in [3.8, 4) is 5.75 Å². The van der Waals surface area contributed by atoms with Crippen LogP contribution >= 0.6 is 23.2 Å². The lowest BCUT2D eigenvalue weighted by Crippen LogP contribution is -2.35.